The number of aromatic nitrogens is 3. The minimum atomic E-state index is -0.649. The Hall–Kier alpha value is -2.52. The van der Waals surface area contributed by atoms with Crippen molar-refractivity contribution >= 4 is 38.3 Å². The van der Waals surface area contributed by atoms with Crippen LogP contribution in [0.15, 0.2) is 50.6 Å². The number of carbonyl (C=O) groups is 1. The van der Waals surface area contributed by atoms with E-state index in [9.17, 15) is 14.4 Å². The van der Waals surface area contributed by atoms with E-state index in [4.69, 9.17) is 0 Å². The van der Waals surface area contributed by atoms with E-state index in [1.165, 1.54) is 17.5 Å². The number of hydrogen-bond donors (Lipinski definition) is 2. The van der Waals surface area contributed by atoms with Crippen molar-refractivity contribution in [1.82, 2.24) is 14.5 Å². The summed E-state index contributed by atoms with van der Waals surface area (Å²) in [5.41, 5.74) is 0.655. The van der Waals surface area contributed by atoms with Gasteiger partial charge in [0.05, 0.1) is 15.0 Å². The van der Waals surface area contributed by atoms with Crippen LogP contribution in [-0.4, -0.2) is 20.4 Å². The largest absolute Gasteiger partial charge is 0.328 e. The molecule has 0 unspecified atom stereocenters. The molecule has 2 aromatic heterocycles. The van der Waals surface area contributed by atoms with Gasteiger partial charge in [-0.1, -0.05) is 41.7 Å². The molecule has 0 saturated heterocycles. The van der Waals surface area contributed by atoms with Gasteiger partial charge >= 0.3 is 5.69 Å². The number of thiazole rings is 1. The van der Waals surface area contributed by atoms with Gasteiger partial charge in [-0.3, -0.25) is 19.1 Å². The van der Waals surface area contributed by atoms with Gasteiger partial charge in [0.15, 0.2) is 5.13 Å². The number of rotatable bonds is 4. The molecule has 0 saturated carbocycles. The second-order valence-electron chi connectivity index (χ2n) is 5.21. The fourth-order valence-electron chi connectivity index (χ4n) is 2.22. The number of nitrogens with zero attached hydrogens (tertiary/aromatic N) is 2. The zero-order valence-electron chi connectivity index (χ0n) is 13.1. The number of anilines is 1. The Kier molecular flexibility index (Phi) is 4.95. The summed E-state index contributed by atoms with van der Waals surface area (Å²) >= 11 is 4.39. The summed E-state index contributed by atoms with van der Waals surface area (Å²) in [6.07, 6.45) is 1.28. The summed E-state index contributed by atoms with van der Waals surface area (Å²) in [6.45, 7) is 1.64. The number of nitrogens with one attached hydrogen (secondary N) is 2. The molecule has 25 heavy (non-hydrogen) atoms. The van der Waals surface area contributed by atoms with E-state index in [0.717, 1.165) is 20.7 Å². The Morgan fingerprint density at radius 3 is 2.76 bits per heavy atom. The van der Waals surface area contributed by atoms with Crippen molar-refractivity contribution in [2.75, 3.05) is 5.32 Å². The minimum Gasteiger partial charge on any atom is -0.300 e. The molecule has 0 aliphatic rings. The molecule has 0 bridgehead atoms. The lowest BCUT2D eigenvalue weighted by Crippen LogP contribution is -2.33. The number of carbonyl (C=O) groups excluding carboxylic acids is 1. The molecule has 1 aromatic carbocycles. The lowest BCUT2D eigenvalue weighted by atomic mass is 10.2. The molecule has 3 rings (SSSR count). The lowest BCUT2D eigenvalue weighted by molar-refractivity contribution is -0.116. The van der Waals surface area contributed by atoms with E-state index in [1.54, 1.807) is 0 Å². The highest BCUT2D eigenvalue weighted by Gasteiger charge is 2.13. The van der Waals surface area contributed by atoms with E-state index >= 15 is 0 Å². The topological polar surface area (TPSA) is 96.8 Å². The maximum Gasteiger partial charge on any atom is 0.328 e. The molecule has 3 aromatic rings. The first-order chi connectivity index (χ1) is 11.9. The van der Waals surface area contributed by atoms with Gasteiger partial charge in [-0.15, -0.1) is 0 Å². The van der Waals surface area contributed by atoms with Gasteiger partial charge in [-0.2, -0.15) is 0 Å². The number of aromatic amines is 1. The molecule has 128 valence electrons. The molecule has 0 spiro atoms. The average molecular weight is 421 g/mol. The van der Waals surface area contributed by atoms with Crippen LogP contribution < -0.4 is 16.6 Å². The number of amides is 1. The fourth-order valence-corrected chi connectivity index (χ4v) is 3.56. The third kappa shape index (κ3) is 3.94. The number of H-pyrrole nitrogens is 1. The van der Waals surface area contributed by atoms with Crippen LogP contribution in [0.2, 0.25) is 0 Å². The summed E-state index contributed by atoms with van der Waals surface area (Å²) in [7, 11) is 0. The molecule has 0 atom stereocenters. The van der Waals surface area contributed by atoms with Crippen LogP contribution in [0.1, 0.15) is 5.69 Å². The molecular weight excluding hydrogens is 408 g/mol. The number of benzene rings is 1. The van der Waals surface area contributed by atoms with Crippen LogP contribution >= 0.6 is 27.3 Å². The lowest BCUT2D eigenvalue weighted by Gasteiger charge is -2.05. The first kappa shape index (κ1) is 17.3. The Balaban J connectivity index is 1.77. The van der Waals surface area contributed by atoms with Gasteiger partial charge in [0, 0.05) is 6.20 Å². The Morgan fingerprint density at radius 1 is 1.32 bits per heavy atom. The van der Waals surface area contributed by atoms with Crippen LogP contribution in [-0.2, 0) is 11.3 Å². The van der Waals surface area contributed by atoms with E-state index in [0.29, 0.717) is 5.13 Å². The molecule has 9 heteroatoms. The quantitative estimate of drug-likeness (QED) is 0.676. The highest BCUT2D eigenvalue weighted by atomic mass is 79.9. The second-order valence-corrected chi connectivity index (χ2v) is 7.07. The molecule has 1 amide bonds. The van der Waals surface area contributed by atoms with Crippen LogP contribution in [0.3, 0.4) is 0 Å². The van der Waals surface area contributed by atoms with Crippen LogP contribution in [0.4, 0.5) is 5.13 Å². The van der Waals surface area contributed by atoms with E-state index in [1.807, 2.05) is 37.3 Å². The van der Waals surface area contributed by atoms with E-state index in [2.05, 4.69) is 31.2 Å². The molecule has 0 aliphatic heterocycles. The average Bonchev–Trinajstić information content (AvgIpc) is 2.93. The first-order valence-electron chi connectivity index (χ1n) is 7.26. The van der Waals surface area contributed by atoms with Crippen molar-refractivity contribution in [3.63, 3.8) is 0 Å². The van der Waals surface area contributed by atoms with Crippen molar-refractivity contribution in [1.29, 1.82) is 0 Å². The molecule has 0 radical (unpaired) electrons. The van der Waals surface area contributed by atoms with Gasteiger partial charge in [0.2, 0.25) is 5.91 Å². The van der Waals surface area contributed by atoms with E-state index in [-0.39, 0.29) is 11.0 Å². The highest BCUT2D eigenvalue weighted by Crippen LogP contribution is 2.32. The van der Waals surface area contributed by atoms with E-state index < -0.39 is 17.2 Å². The SMILES string of the molecule is Cc1nc(NC(=O)Cn2cc(Br)c(=O)[nH]c2=O)sc1-c1ccccc1. The van der Waals surface area contributed by atoms with Crippen LogP contribution in [0.25, 0.3) is 10.4 Å². The molecule has 2 heterocycles. The summed E-state index contributed by atoms with van der Waals surface area (Å²) in [4.78, 5) is 42.7. The number of halogens is 1. The number of aryl methyl sites for hydroxylation is 1. The zero-order chi connectivity index (χ0) is 18.0. The highest BCUT2D eigenvalue weighted by molar-refractivity contribution is 9.10. The normalized spacial score (nSPS) is 10.6. The third-order valence-corrected chi connectivity index (χ3v) is 5.05. The predicted octanol–water partition coefficient (Wildman–Crippen LogP) is 2.37. The van der Waals surface area contributed by atoms with Crippen molar-refractivity contribution in [3.8, 4) is 10.4 Å². The summed E-state index contributed by atoms with van der Waals surface area (Å²) in [5, 5.41) is 3.14. The molecular formula is C16H13BrN4O3S. The predicted molar refractivity (Wildman–Crippen MR) is 99.9 cm³/mol. The Bertz CT molecular complexity index is 1040. The maximum atomic E-state index is 12.2. The van der Waals surface area contributed by atoms with Crippen molar-refractivity contribution in [3.05, 3.63) is 67.5 Å². The number of hydrogen-bond acceptors (Lipinski definition) is 5. The zero-order valence-corrected chi connectivity index (χ0v) is 15.5. The molecule has 2 N–H and O–H groups in total. The minimum absolute atomic E-state index is 0.177. The molecule has 0 aliphatic carbocycles. The third-order valence-electron chi connectivity index (χ3n) is 3.36. The monoisotopic (exact) mass is 420 g/mol. The van der Waals surface area contributed by atoms with Crippen LogP contribution in [0.5, 0.6) is 0 Å². The first-order valence-corrected chi connectivity index (χ1v) is 8.87. The summed E-state index contributed by atoms with van der Waals surface area (Å²) in [5.74, 6) is -0.408. The van der Waals surface area contributed by atoms with Gasteiger partial charge in [-0.25, -0.2) is 9.78 Å². The van der Waals surface area contributed by atoms with Gasteiger partial charge in [0.1, 0.15) is 6.54 Å². The Morgan fingerprint density at radius 2 is 2.04 bits per heavy atom. The molecule has 0 fully saturated rings. The summed E-state index contributed by atoms with van der Waals surface area (Å²) < 4.78 is 1.29. The molecule has 7 nitrogen and oxygen atoms in total. The summed E-state index contributed by atoms with van der Waals surface area (Å²) in [6, 6.07) is 9.76. The van der Waals surface area contributed by atoms with Crippen molar-refractivity contribution < 1.29 is 4.79 Å². The van der Waals surface area contributed by atoms with Crippen molar-refractivity contribution in [2.45, 2.75) is 13.5 Å². The fraction of sp³-hybridized carbons (Fsp3) is 0.125. The van der Waals surface area contributed by atoms with Gasteiger partial charge in [0.25, 0.3) is 5.56 Å². The second kappa shape index (κ2) is 7.16. The van der Waals surface area contributed by atoms with Crippen molar-refractivity contribution in [2.24, 2.45) is 0 Å². The maximum absolute atomic E-state index is 12.2. The van der Waals surface area contributed by atoms with Crippen LogP contribution in [0, 0.1) is 6.92 Å². The Labute approximate surface area is 154 Å². The standard InChI is InChI=1S/C16H13BrN4O3S/c1-9-13(10-5-3-2-4-6-10)25-15(18-9)19-12(22)8-21-7-11(17)14(23)20-16(21)24/h2-7H,8H2,1H3,(H,18,19,22)(H,20,23,24). The smallest absolute Gasteiger partial charge is 0.300 e. The van der Waals surface area contributed by atoms with Gasteiger partial charge in [-0.05, 0) is 28.4 Å². The van der Waals surface area contributed by atoms with Gasteiger partial charge < -0.3 is 5.32 Å².